The number of carbonyl (C=O) groups excluding carboxylic acids is 1. The highest BCUT2D eigenvalue weighted by molar-refractivity contribution is 6.30. The van der Waals surface area contributed by atoms with Crippen LogP contribution in [0.2, 0.25) is 5.02 Å². The van der Waals surface area contributed by atoms with Crippen molar-refractivity contribution >= 4 is 23.3 Å². The first-order valence-corrected chi connectivity index (χ1v) is 10.4. The van der Waals surface area contributed by atoms with Crippen LogP contribution in [0.25, 0.3) is 16.9 Å². The summed E-state index contributed by atoms with van der Waals surface area (Å²) in [7, 11) is 0. The fourth-order valence-corrected chi connectivity index (χ4v) is 3.81. The lowest BCUT2D eigenvalue weighted by molar-refractivity contribution is 0.0204. The maximum atomic E-state index is 12.7. The molecule has 1 aliphatic rings. The first kappa shape index (κ1) is 20.5. The molecule has 8 heteroatoms. The summed E-state index contributed by atoms with van der Waals surface area (Å²) in [4.78, 5) is 31.4. The number of H-pyrrole nitrogens is 1. The van der Waals surface area contributed by atoms with E-state index in [0.29, 0.717) is 23.8 Å². The van der Waals surface area contributed by atoms with Gasteiger partial charge in [0, 0.05) is 36.2 Å². The minimum absolute atomic E-state index is 0.135. The molecular formula is C22H25ClN4O3. The molecule has 0 atom stereocenters. The molecule has 0 bridgehead atoms. The van der Waals surface area contributed by atoms with E-state index in [-0.39, 0.29) is 17.6 Å². The number of likely N-dealkylation sites (tertiary alicyclic amines) is 1. The molecule has 2 aromatic heterocycles. The highest BCUT2D eigenvalue weighted by Gasteiger charge is 2.28. The van der Waals surface area contributed by atoms with E-state index in [0.717, 1.165) is 29.8 Å². The zero-order valence-electron chi connectivity index (χ0n) is 17.3. The fourth-order valence-electron chi connectivity index (χ4n) is 3.68. The first-order valence-electron chi connectivity index (χ1n) is 10.1. The highest BCUT2D eigenvalue weighted by atomic mass is 35.5. The highest BCUT2D eigenvalue weighted by Crippen LogP contribution is 2.28. The summed E-state index contributed by atoms with van der Waals surface area (Å²) in [6, 6.07) is 10.9. The van der Waals surface area contributed by atoms with Gasteiger partial charge in [-0.3, -0.25) is 9.89 Å². The number of aromatic nitrogens is 3. The molecule has 1 N–H and O–H groups in total. The van der Waals surface area contributed by atoms with Crippen LogP contribution < -0.4 is 5.56 Å². The molecule has 0 saturated carbocycles. The van der Waals surface area contributed by atoms with Crippen molar-refractivity contribution in [3.8, 4) is 11.3 Å². The zero-order chi connectivity index (χ0) is 21.5. The van der Waals surface area contributed by atoms with Crippen LogP contribution in [0.1, 0.15) is 45.2 Å². The van der Waals surface area contributed by atoms with Crippen molar-refractivity contribution in [3.05, 3.63) is 57.5 Å². The van der Waals surface area contributed by atoms with Crippen molar-refractivity contribution in [3.63, 3.8) is 0 Å². The number of halogens is 1. The summed E-state index contributed by atoms with van der Waals surface area (Å²) in [5, 5.41) is 3.76. The van der Waals surface area contributed by atoms with E-state index in [1.165, 1.54) is 4.52 Å². The molecule has 1 aromatic carbocycles. The van der Waals surface area contributed by atoms with Crippen molar-refractivity contribution in [1.82, 2.24) is 19.5 Å². The maximum absolute atomic E-state index is 12.7. The van der Waals surface area contributed by atoms with Gasteiger partial charge in [0.1, 0.15) is 5.60 Å². The van der Waals surface area contributed by atoms with Gasteiger partial charge in [-0.25, -0.2) is 14.3 Å². The number of nitrogens with one attached hydrogen (secondary N) is 1. The third kappa shape index (κ3) is 4.36. The van der Waals surface area contributed by atoms with Gasteiger partial charge in [-0.2, -0.15) is 0 Å². The number of nitrogens with zero attached hydrogens (tertiary/aromatic N) is 3. The Morgan fingerprint density at radius 1 is 1.17 bits per heavy atom. The summed E-state index contributed by atoms with van der Waals surface area (Å²) in [6.07, 6.45) is 1.20. The summed E-state index contributed by atoms with van der Waals surface area (Å²) < 4.78 is 6.90. The second-order valence-corrected chi connectivity index (χ2v) is 9.07. The minimum atomic E-state index is -0.509. The van der Waals surface area contributed by atoms with Crippen molar-refractivity contribution in [2.24, 2.45) is 0 Å². The number of aromatic amines is 1. The molecular weight excluding hydrogens is 404 g/mol. The molecule has 0 aliphatic carbocycles. The Kier molecular flexibility index (Phi) is 5.32. The predicted octanol–water partition coefficient (Wildman–Crippen LogP) is 4.46. The smallest absolute Gasteiger partial charge is 0.410 e. The maximum Gasteiger partial charge on any atom is 0.410 e. The van der Waals surface area contributed by atoms with Crippen LogP contribution in [0.3, 0.4) is 0 Å². The molecule has 7 nitrogen and oxygen atoms in total. The lowest BCUT2D eigenvalue weighted by Crippen LogP contribution is -2.41. The number of rotatable bonds is 2. The van der Waals surface area contributed by atoms with Crippen LogP contribution in [0.5, 0.6) is 0 Å². The monoisotopic (exact) mass is 428 g/mol. The summed E-state index contributed by atoms with van der Waals surface area (Å²) in [6.45, 7) is 6.76. The molecule has 3 heterocycles. The van der Waals surface area contributed by atoms with Crippen molar-refractivity contribution in [2.45, 2.75) is 45.1 Å². The Morgan fingerprint density at radius 3 is 2.47 bits per heavy atom. The number of benzene rings is 1. The van der Waals surface area contributed by atoms with Gasteiger partial charge in [-0.05, 0) is 51.3 Å². The topological polar surface area (TPSA) is 79.7 Å². The average molecular weight is 429 g/mol. The minimum Gasteiger partial charge on any atom is -0.444 e. The number of hydrogen-bond acceptors (Lipinski definition) is 4. The SMILES string of the molecule is CC(C)(C)OC(=O)N1CCC(c2cc(=O)n3[nH]c(-c4ccc(Cl)cc4)cc3n2)CC1. The van der Waals surface area contributed by atoms with Crippen molar-refractivity contribution in [1.29, 1.82) is 0 Å². The van der Waals surface area contributed by atoms with Gasteiger partial charge >= 0.3 is 6.09 Å². The first-order chi connectivity index (χ1) is 14.2. The van der Waals surface area contributed by atoms with Gasteiger partial charge in [0.25, 0.3) is 5.56 Å². The Hall–Kier alpha value is -2.80. The number of piperidine rings is 1. The summed E-state index contributed by atoms with van der Waals surface area (Å²) in [5.74, 6) is 0.135. The van der Waals surface area contributed by atoms with Gasteiger partial charge in [0.05, 0.1) is 11.4 Å². The quantitative estimate of drug-likeness (QED) is 0.653. The van der Waals surface area contributed by atoms with E-state index in [1.807, 2.05) is 51.1 Å². The van der Waals surface area contributed by atoms with Crippen LogP contribution in [-0.2, 0) is 4.74 Å². The molecule has 0 radical (unpaired) electrons. The second kappa shape index (κ2) is 7.80. The average Bonchev–Trinajstić information content (AvgIpc) is 3.12. The normalized spacial score (nSPS) is 15.5. The lowest BCUT2D eigenvalue weighted by Gasteiger charge is -2.33. The van der Waals surface area contributed by atoms with E-state index in [9.17, 15) is 9.59 Å². The molecule has 158 valence electrons. The number of fused-ring (bicyclic) bond motifs is 1. The van der Waals surface area contributed by atoms with Gasteiger partial charge in [0.15, 0.2) is 5.65 Å². The Balaban J connectivity index is 1.52. The molecule has 1 saturated heterocycles. The zero-order valence-corrected chi connectivity index (χ0v) is 18.1. The molecule has 0 spiro atoms. The Labute approximate surface area is 179 Å². The van der Waals surface area contributed by atoms with Gasteiger partial charge in [-0.1, -0.05) is 23.7 Å². The van der Waals surface area contributed by atoms with Crippen LogP contribution in [0.4, 0.5) is 4.79 Å². The molecule has 1 aliphatic heterocycles. The molecule has 1 amide bonds. The summed E-state index contributed by atoms with van der Waals surface area (Å²) >= 11 is 5.96. The van der Waals surface area contributed by atoms with Crippen molar-refractivity contribution < 1.29 is 9.53 Å². The number of amides is 1. The second-order valence-electron chi connectivity index (χ2n) is 8.63. The molecule has 30 heavy (non-hydrogen) atoms. The third-order valence-corrected chi connectivity index (χ3v) is 5.44. The third-order valence-electron chi connectivity index (χ3n) is 5.19. The molecule has 4 rings (SSSR count). The van der Waals surface area contributed by atoms with E-state index in [1.54, 1.807) is 11.0 Å². The van der Waals surface area contributed by atoms with E-state index in [4.69, 9.17) is 21.3 Å². The fraction of sp³-hybridized carbons (Fsp3) is 0.409. The van der Waals surface area contributed by atoms with Crippen LogP contribution in [-0.4, -0.2) is 44.3 Å². The largest absolute Gasteiger partial charge is 0.444 e. The molecule has 3 aromatic rings. The van der Waals surface area contributed by atoms with Crippen molar-refractivity contribution in [2.75, 3.05) is 13.1 Å². The number of carbonyl (C=O) groups is 1. The Bertz CT molecular complexity index is 1120. The van der Waals surface area contributed by atoms with Gasteiger partial charge in [0.2, 0.25) is 0 Å². The van der Waals surface area contributed by atoms with Gasteiger partial charge < -0.3 is 9.64 Å². The summed E-state index contributed by atoms with van der Waals surface area (Å²) in [5.41, 5.74) is 2.42. The Morgan fingerprint density at radius 2 is 1.83 bits per heavy atom. The standard InChI is InChI=1S/C22H25ClN4O3/c1-22(2,3)30-21(29)26-10-8-15(9-11-26)17-13-20(28)27-19(24-17)12-18(25-27)14-4-6-16(23)7-5-14/h4-7,12-13,15,25H,8-11H2,1-3H3. The van der Waals surface area contributed by atoms with Gasteiger partial charge in [-0.15, -0.1) is 0 Å². The molecule has 1 fully saturated rings. The van der Waals surface area contributed by atoms with Crippen LogP contribution in [0.15, 0.2) is 41.2 Å². The van der Waals surface area contributed by atoms with E-state index in [2.05, 4.69) is 5.10 Å². The van der Waals surface area contributed by atoms with E-state index >= 15 is 0 Å². The van der Waals surface area contributed by atoms with Crippen LogP contribution in [0, 0.1) is 0 Å². The number of ether oxygens (including phenoxy) is 1. The van der Waals surface area contributed by atoms with Crippen LogP contribution >= 0.6 is 11.6 Å². The van der Waals surface area contributed by atoms with E-state index < -0.39 is 5.60 Å². The number of hydrogen-bond donors (Lipinski definition) is 1. The lowest BCUT2D eigenvalue weighted by atomic mass is 9.93. The molecule has 0 unspecified atom stereocenters. The predicted molar refractivity (Wildman–Crippen MR) is 116 cm³/mol.